The molecule has 0 heterocycles. The minimum atomic E-state index is -5.17. The zero-order chi connectivity index (χ0) is 28.4. The Balaban J connectivity index is -0.000000491. The number of unbranched alkanes of at least 4 members (excludes halogenated alkanes) is 2. The van der Waals surface area contributed by atoms with E-state index in [-0.39, 0.29) is 11.5 Å². The molecule has 2 N–H and O–H groups in total. The van der Waals surface area contributed by atoms with E-state index in [2.05, 4.69) is 41.5 Å². The maximum atomic E-state index is 10.5. The standard InChI is InChI=1S/2C10H23NO3S.H2O4S/c2*1-4-11(5-2,6-3)9-7-8-10-15(12,13)14;1-5(2,3)4/h2*4-10H2,1-3H3;(H2,1,2,3,4). The zero-order valence-electron chi connectivity index (χ0n) is 22.2. The SMILES string of the molecule is CC[N+](CC)(CC)CCCCS(=O)(=O)O.CC[N+](CC)(CC)CCCCS(=O)(=O)O.O=S(=O)([O-])[O-]. The highest BCUT2D eigenvalue weighted by Crippen LogP contribution is 2.10. The molecule has 15 heteroatoms. The van der Waals surface area contributed by atoms with Crippen molar-refractivity contribution in [1.82, 2.24) is 0 Å². The Bertz CT molecular complexity index is 756. The van der Waals surface area contributed by atoms with Crippen LogP contribution in [-0.4, -0.2) is 116 Å². The van der Waals surface area contributed by atoms with Crippen LogP contribution in [0.3, 0.4) is 0 Å². The van der Waals surface area contributed by atoms with E-state index in [1.54, 1.807) is 0 Å². The summed E-state index contributed by atoms with van der Waals surface area (Å²) in [7, 11) is -12.7. The Morgan fingerprint density at radius 3 is 0.857 bits per heavy atom. The molecule has 0 bridgehead atoms. The molecule has 0 spiro atoms. The lowest BCUT2D eigenvalue weighted by Gasteiger charge is -2.35. The lowest BCUT2D eigenvalue weighted by molar-refractivity contribution is -0.923. The van der Waals surface area contributed by atoms with Crippen molar-refractivity contribution in [2.24, 2.45) is 0 Å². The fourth-order valence-corrected chi connectivity index (χ4v) is 4.89. The van der Waals surface area contributed by atoms with Crippen LogP contribution < -0.4 is 0 Å². The summed E-state index contributed by atoms with van der Waals surface area (Å²) in [6.45, 7) is 21.5. The molecule has 0 aromatic rings. The lowest BCUT2D eigenvalue weighted by atomic mass is 10.2. The molecule has 0 radical (unpaired) electrons. The molecular formula is C20H48N2O10S3. The summed E-state index contributed by atoms with van der Waals surface area (Å²) in [6.07, 6.45) is 2.82. The van der Waals surface area contributed by atoms with Gasteiger partial charge in [-0.3, -0.25) is 17.5 Å². The fraction of sp³-hybridized carbons (Fsp3) is 1.00. The molecule has 0 aromatic heterocycles. The predicted molar refractivity (Wildman–Crippen MR) is 135 cm³/mol. The summed E-state index contributed by atoms with van der Waals surface area (Å²) in [6, 6.07) is 0. The van der Waals surface area contributed by atoms with Crippen molar-refractivity contribution in [2.75, 3.05) is 63.9 Å². The molecular weight excluding hydrogens is 524 g/mol. The molecule has 0 aliphatic carbocycles. The summed E-state index contributed by atoms with van der Waals surface area (Å²) in [4.78, 5) is 0. The van der Waals surface area contributed by atoms with Gasteiger partial charge in [-0.05, 0) is 67.2 Å². The summed E-state index contributed by atoms with van der Waals surface area (Å²) >= 11 is 0. The summed E-state index contributed by atoms with van der Waals surface area (Å²) in [5.41, 5.74) is 0. The van der Waals surface area contributed by atoms with Crippen molar-refractivity contribution in [3.8, 4) is 0 Å². The fourth-order valence-electron chi connectivity index (χ4n) is 3.75. The van der Waals surface area contributed by atoms with Crippen LogP contribution in [0, 0.1) is 0 Å². The molecule has 0 aliphatic heterocycles. The Morgan fingerprint density at radius 2 is 0.714 bits per heavy atom. The normalized spacial score (nSPS) is 12.9. The predicted octanol–water partition coefficient (Wildman–Crippen LogP) is 1.72. The van der Waals surface area contributed by atoms with Gasteiger partial charge < -0.3 is 18.1 Å². The highest BCUT2D eigenvalue weighted by molar-refractivity contribution is 7.86. The Hall–Kier alpha value is -0.390. The van der Waals surface area contributed by atoms with Crippen LogP contribution in [0.15, 0.2) is 0 Å². The number of nitrogens with zero attached hydrogens (tertiary/aromatic N) is 2. The Kier molecular flexibility index (Phi) is 21.0. The molecule has 12 nitrogen and oxygen atoms in total. The van der Waals surface area contributed by atoms with Crippen LogP contribution >= 0.6 is 0 Å². The van der Waals surface area contributed by atoms with Crippen molar-refractivity contribution < 1.29 is 52.4 Å². The monoisotopic (exact) mass is 572 g/mol. The molecule has 0 aliphatic rings. The summed E-state index contributed by atoms with van der Waals surface area (Å²) in [5, 5.41) is 0. The van der Waals surface area contributed by atoms with Gasteiger partial charge in [0.1, 0.15) is 0 Å². The quantitative estimate of drug-likeness (QED) is 0.119. The first-order valence-corrected chi connectivity index (χ1v) is 16.6. The van der Waals surface area contributed by atoms with Gasteiger partial charge in [-0.1, -0.05) is 0 Å². The van der Waals surface area contributed by atoms with Gasteiger partial charge in [0.2, 0.25) is 0 Å². The number of hydrogen-bond acceptors (Lipinski definition) is 8. The van der Waals surface area contributed by atoms with Crippen molar-refractivity contribution in [2.45, 2.75) is 67.2 Å². The molecule has 0 unspecified atom stereocenters. The molecule has 0 fully saturated rings. The van der Waals surface area contributed by atoms with E-state index < -0.39 is 30.6 Å². The molecule has 0 aromatic carbocycles. The molecule has 35 heavy (non-hydrogen) atoms. The van der Waals surface area contributed by atoms with Gasteiger partial charge in [-0.2, -0.15) is 16.8 Å². The average molecular weight is 573 g/mol. The van der Waals surface area contributed by atoms with Gasteiger partial charge in [0.25, 0.3) is 20.2 Å². The van der Waals surface area contributed by atoms with Crippen molar-refractivity contribution >= 4 is 30.6 Å². The van der Waals surface area contributed by atoms with Crippen molar-refractivity contribution in [1.29, 1.82) is 0 Å². The van der Waals surface area contributed by atoms with Gasteiger partial charge in [0.15, 0.2) is 0 Å². The van der Waals surface area contributed by atoms with Gasteiger partial charge in [-0.15, -0.1) is 0 Å². The van der Waals surface area contributed by atoms with Crippen molar-refractivity contribution in [3.05, 3.63) is 0 Å². The maximum Gasteiger partial charge on any atom is 0.264 e. The van der Waals surface area contributed by atoms with E-state index in [0.717, 1.165) is 74.2 Å². The third-order valence-corrected chi connectivity index (χ3v) is 8.20. The first-order chi connectivity index (χ1) is 15.8. The van der Waals surface area contributed by atoms with Crippen LogP contribution in [0.4, 0.5) is 0 Å². The first-order valence-electron chi connectivity index (χ1n) is 12.0. The van der Waals surface area contributed by atoms with Crippen LogP contribution in [0.1, 0.15) is 67.2 Å². The minimum Gasteiger partial charge on any atom is -0.759 e. The highest BCUT2D eigenvalue weighted by atomic mass is 32.3. The van der Waals surface area contributed by atoms with Crippen LogP contribution in [0.5, 0.6) is 0 Å². The Labute approximate surface area is 214 Å². The second-order valence-corrected chi connectivity index (χ2v) is 12.4. The molecule has 0 rings (SSSR count). The summed E-state index contributed by atoms with van der Waals surface area (Å²) < 4.78 is 95.4. The number of rotatable bonds is 16. The highest BCUT2D eigenvalue weighted by Gasteiger charge is 2.21. The van der Waals surface area contributed by atoms with Gasteiger partial charge >= 0.3 is 0 Å². The van der Waals surface area contributed by atoms with Crippen LogP contribution in [0.2, 0.25) is 0 Å². The largest absolute Gasteiger partial charge is 0.759 e. The molecule has 0 amide bonds. The second-order valence-electron chi connectivity index (χ2n) is 8.42. The maximum absolute atomic E-state index is 10.5. The van der Waals surface area contributed by atoms with Gasteiger partial charge in [0, 0.05) is 10.4 Å². The Morgan fingerprint density at radius 1 is 0.514 bits per heavy atom. The second kappa shape index (κ2) is 18.8. The topological polar surface area (TPSA) is 189 Å². The van der Waals surface area contributed by atoms with E-state index in [1.165, 1.54) is 0 Å². The van der Waals surface area contributed by atoms with E-state index in [1.807, 2.05) is 0 Å². The third kappa shape index (κ3) is 26.5. The average Bonchev–Trinajstić information content (AvgIpc) is 2.73. The number of hydrogen-bond donors (Lipinski definition) is 2. The first kappa shape index (κ1) is 39.1. The molecule has 0 saturated carbocycles. The van der Waals surface area contributed by atoms with E-state index in [0.29, 0.717) is 12.8 Å². The minimum absolute atomic E-state index is 0.107. The molecule has 0 atom stereocenters. The molecule has 0 saturated heterocycles. The van der Waals surface area contributed by atoms with E-state index in [4.69, 9.17) is 26.6 Å². The van der Waals surface area contributed by atoms with Gasteiger partial charge in [0.05, 0.1) is 63.9 Å². The third-order valence-electron chi connectivity index (χ3n) is 6.59. The summed E-state index contributed by atoms with van der Waals surface area (Å²) in [5.74, 6) is -0.214. The van der Waals surface area contributed by atoms with E-state index in [9.17, 15) is 16.8 Å². The lowest BCUT2D eigenvalue weighted by Crippen LogP contribution is -2.48. The van der Waals surface area contributed by atoms with E-state index >= 15 is 0 Å². The zero-order valence-corrected chi connectivity index (χ0v) is 24.6. The van der Waals surface area contributed by atoms with Gasteiger partial charge in [-0.25, -0.2) is 0 Å². The van der Waals surface area contributed by atoms with Crippen LogP contribution in [0.25, 0.3) is 0 Å². The van der Waals surface area contributed by atoms with Crippen LogP contribution in [-0.2, 0) is 30.6 Å². The number of quaternary nitrogens is 2. The smallest absolute Gasteiger partial charge is 0.264 e. The molecule has 216 valence electrons. The van der Waals surface area contributed by atoms with Crippen molar-refractivity contribution in [3.63, 3.8) is 0 Å².